The Morgan fingerprint density at radius 1 is 0.556 bits per heavy atom. The van der Waals surface area contributed by atoms with Crippen LogP contribution in [0.25, 0.3) is 21.9 Å². The normalized spacial score (nSPS) is 11.3. The Labute approximate surface area is 164 Å². The molecule has 0 aliphatic carbocycles. The quantitative estimate of drug-likeness (QED) is 0.344. The van der Waals surface area contributed by atoms with Gasteiger partial charge in [0.15, 0.2) is 0 Å². The summed E-state index contributed by atoms with van der Waals surface area (Å²) in [5.74, 6) is 0. The fourth-order valence-corrected chi connectivity index (χ4v) is 4.80. The molecule has 5 heteroatoms. The fourth-order valence-electron chi connectivity index (χ4n) is 3.00. The highest BCUT2D eigenvalue weighted by atomic mass is 32.2. The molecule has 0 aliphatic heterocycles. The molecule has 130 valence electrons. The maximum Gasteiger partial charge on any atom is 0.149 e. The Kier molecular flexibility index (Phi) is 4.32. The summed E-state index contributed by atoms with van der Waals surface area (Å²) in [4.78, 5) is 12.7. The topological polar surface area (TPSA) is 38.9 Å². The Morgan fingerprint density at radius 3 is 1.44 bits per heavy atom. The highest BCUT2D eigenvalue weighted by Crippen LogP contribution is 2.42. The van der Waals surface area contributed by atoms with Crippen LogP contribution in [0, 0.1) is 0 Å². The molecule has 0 N–H and O–H groups in total. The molecule has 0 fully saturated rings. The zero-order valence-corrected chi connectivity index (χ0v) is 15.8. The number of rotatable bonds is 4. The van der Waals surface area contributed by atoms with Gasteiger partial charge in [-0.15, -0.1) is 0 Å². The largest absolute Gasteiger partial charge is 0.454 e. The lowest BCUT2D eigenvalue weighted by Gasteiger charge is -2.02. The molecule has 0 saturated carbocycles. The van der Waals surface area contributed by atoms with E-state index in [9.17, 15) is 0 Å². The lowest BCUT2D eigenvalue weighted by atomic mass is 10.1. The van der Waals surface area contributed by atoms with Crippen molar-refractivity contribution in [2.45, 2.75) is 19.6 Å². The third-order valence-corrected chi connectivity index (χ3v) is 6.31. The van der Waals surface area contributed by atoms with Crippen LogP contribution in [-0.4, -0.2) is 9.97 Å². The molecule has 0 atom stereocenters. The molecule has 27 heavy (non-hydrogen) atoms. The summed E-state index contributed by atoms with van der Waals surface area (Å²) >= 11 is 3.39. The van der Waals surface area contributed by atoms with Gasteiger partial charge in [-0.3, -0.25) is 9.97 Å². The van der Waals surface area contributed by atoms with Crippen LogP contribution in [0.15, 0.2) is 109 Å². The number of hydrogen-bond acceptors (Lipinski definition) is 5. The summed E-state index contributed by atoms with van der Waals surface area (Å²) in [5, 5.41) is 2.28. The van der Waals surface area contributed by atoms with Crippen molar-refractivity contribution in [3.05, 3.63) is 85.5 Å². The molecule has 2 aromatic carbocycles. The van der Waals surface area contributed by atoms with E-state index >= 15 is 0 Å². The van der Waals surface area contributed by atoms with Gasteiger partial charge in [-0.1, -0.05) is 47.8 Å². The number of nitrogens with zero attached hydrogens (tertiary/aromatic N) is 2. The third kappa shape index (κ3) is 3.20. The second kappa shape index (κ2) is 7.10. The molecule has 5 aromatic rings. The van der Waals surface area contributed by atoms with E-state index in [-0.39, 0.29) is 0 Å². The van der Waals surface area contributed by atoms with Crippen LogP contribution >= 0.6 is 23.5 Å². The summed E-state index contributed by atoms with van der Waals surface area (Å²) in [5.41, 5.74) is 1.86. The van der Waals surface area contributed by atoms with E-state index in [2.05, 4.69) is 46.4 Å². The third-order valence-electron chi connectivity index (χ3n) is 4.21. The summed E-state index contributed by atoms with van der Waals surface area (Å²) in [6, 6.07) is 20.7. The van der Waals surface area contributed by atoms with Gasteiger partial charge in [-0.25, -0.2) is 0 Å². The first kappa shape index (κ1) is 16.4. The highest BCUT2D eigenvalue weighted by Gasteiger charge is 2.14. The van der Waals surface area contributed by atoms with Gasteiger partial charge in [0.25, 0.3) is 0 Å². The lowest BCUT2D eigenvalue weighted by Crippen LogP contribution is -1.76. The Balaban J connectivity index is 1.63. The van der Waals surface area contributed by atoms with E-state index in [0.717, 1.165) is 41.5 Å². The molecule has 0 saturated heterocycles. The van der Waals surface area contributed by atoms with E-state index in [1.54, 1.807) is 23.5 Å². The molecule has 3 heterocycles. The van der Waals surface area contributed by atoms with Crippen molar-refractivity contribution in [3.8, 4) is 0 Å². The average molecular weight is 387 g/mol. The molecule has 3 nitrogen and oxygen atoms in total. The molecular formula is C22H14N2OS2. The first-order chi connectivity index (χ1) is 13.4. The lowest BCUT2D eigenvalue weighted by molar-refractivity contribution is 0.652. The SMILES string of the molecule is c1cc(Sc2ccncc2)c2oc3c(Sc4ccncc4)cccc3c2c1. The Morgan fingerprint density at radius 2 is 1.00 bits per heavy atom. The first-order valence-electron chi connectivity index (χ1n) is 8.48. The van der Waals surface area contributed by atoms with Crippen molar-refractivity contribution in [3.63, 3.8) is 0 Å². The number of fused-ring (bicyclic) bond motifs is 3. The van der Waals surface area contributed by atoms with Crippen LogP contribution in [-0.2, 0) is 0 Å². The van der Waals surface area contributed by atoms with Crippen molar-refractivity contribution in [2.75, 3.05) is 0 Å². The zero-order valence-electron chi connectivity index (χ0n) is 14.2. The Hall–Kier alpha value is -2.76. The summed E-state index contributed by atoms with van der Waals surface area (Å²) < 4.78 is 6.39. The van der Waals surface area contributed by atoms with Gasteiger partial charge >= 0.3 is 0 Å². The predicted molar refractivity (Wildman–Crippen MR) is 110 cm³/mol. The number of benzene rings is 2. The number of furan rings is 1. The monoisotopic (exact) mass is 386 g/mol. The van der Waals surface area contributed by atoms with Crippen molar-refractivity contribution in [1.29, 1.82) is 0 Å². The maximum atomic E-state index is 6.39. The van der Waals surface area contributed by atoms with Crippen molar-refractivity contribution in [2.24, 2.45) is 0 Å². The van der Waals surface area contributed by atoms with Gasteiger partial charge in [0.2, 0.25) is 0 Å². The molecule has 0 radical (unpaired) electrons. The number of pyridine rings is 2. The summed E-state index contributed by atoms with van der Waals surface area (Å²) in [7, 11) is 0. The summed E-state index contributed by atoms with van der Waals surface area (Å²) in [6.07, 6.45) is 7.24. The van der Waals surface area contributed by atoms with Gasteiger partial charge in [0.05, 0.1) is 9.79 Å². The van der Waals surface area contributed by atoms with Gasteiger partial charge in [0.1, 0.15) is 11.2 Å². The van der Waals surface area contributed by atoms with Gasteiger partial charge in [-0.2, -0.15) is 0 Å². The van der Waals surface area contributed by atoms with Gasteiger partial charge < -0.3 is 4.42 Å². The van der Waals surface area contributed by atoms with Crippen LogP contribution in [0.5, 0.6) is 0 Å². The smallest absolute Gasteiger partial charge is 0.149 e. The van der Waals surface area contributed by atoms with E-state index in [1.165, 1.54) is 0 Å². The number of para-hydroxylation sites is 2. The molecule has 0 aliphatic rings. The van der Waals surface area contributed by atoms with E-state index in [4.69, 9.17) is 4.42 Å². The van der Waals surface area contributed by atoms with Gasteiger partial charge in [0, 0.05) is 45.4 Å². The zero-order chi connectivity index (χ0) is 18.1. The predicted octanol–water partition coefficient (Wildman–Crippen LogP) is 6.68. The minimum atomic E-state index is 0.928. The Bertz CT molecular complexity index is 1120. The van der Waals surface area contributed by atoms with E-state index < -0.39 is 0 Å². The minimum Gasteiger partial charge on any atom is -0.454 e. The van der Waals surface area contributed by atoms with E-state index in [0.29, 0.717) is 0 Å². The second-order valence-electron chi connectivity index (χ2n) is 5.94. The van der Waals surface area contributed by atoms with Crippen LogP contribution < -0.4 is 0 Å². The average Bonchev–Trinajstić information content (AvgIpc) is 3.11. The summed E-state index contributed by atoms with van der Waals surface area (Å²) in [6.45, 7) is 0. The second-order valence-corrected chi connectivity index (χ2v) is 8.17. The maximum absolute atomic E-state index is 6.39. The number of aromatic nitrogens is 2. The minimum absolute atomic E-state index is 0.928. The molecule has 3 aromatic heterocycles. The highest BCUT2D eigenvalue weighted by molar-refractivity contribution is 7.99. The number of hydrogen-bond donors (Lipinski definition) is 0. The molecule has 0 spiro atoms. The van der Waals surface area contributed by atoms with Crippen LogP contribution in [0.4, 0.5) is 0 Å². The first-order valence-corrected chi connectivity index (χ1v) is 10.1. The van der Waals surface area contributed by atoms with Crippen LogP contribution in [0.1, 0.15) is 0 Å². The van der Waals surface area contributed by atoms with Crippen molar-refractivity contribution < 1.29 is 4.42 Å². The molecule has 5 rings (SSSR count). The van der Waals surface area contributed by atoms with E-state index in [1.807, 2.05) is 49.1 Å². The van der Waals surface area contributed by atoms with Crippen molar-refractivity contribution in [1.82, 2.24) is 9.97 Å². The molecule has 0 bridgehead atoms. The fraction of sp³-hybridized carbons (Fsp3) is 0. The van der Waals surface area contributed by atoms with Crippen molar-refractivity contribution >= 4 is 45.5 Å². The molecule has 0 amide bonds. The standard InChI is InChI=1S/C22H14N2OS2/c1-3-17-18-4-2-6-20(27-16-9-13-24-14-10-16)22(18)25-21(17)19(5-1)26-15-7-11-23-12-8-15/h1-14H. The van der Waals surface area contributed by atoms with Gasteiger partial charge in [-0.05, 0) is 36.4 Å². The van der Waals surface area contributed by atoms with Crippen LogP contribution in [0.2, 0.25) is 0 Å². The van der Waals surface area contributed by atoms with Crippen LogP contribution in [0.3, 0.4) is 0 Å². The molecular weight excluding hydrogens is 372 g/mol. The molecule has 0 unspecified atom stereocenters.